The number of ether oxygens (including phenoxy) is 1. The number of aromatic nitrogens is 2. The Bertz CT molecular complexity index is 537. The molecule has 0 aliphatic carbocycles. The molecule has 18 heavy (non-hydrogen) atoms. The van der Waals surface area contributed by atoms with E-state index in [-0.39, 0.29) is 0 Å². The number of benzene rings is 1. The Kier molecular flexibility index (Phi) is 5.01. The highest BCUT2D eigenvalue weighted by atomic mass is 32.2. The number of thioether (sulfide) groups is 1. The molecule has 1 heterocycles. The van der Waals surface area contributed by atoms with Crippen molar-refractivity contribution in [1.29, 1.82) is 0 Å². The molecule has 0 spiro atoms. The predicted octanol–water partition coefficient (Wildman–Crippen LogP) is 3.54. The smallest absolute Gasteiger partial charge is 0.166 e. The van der Waals surface area contributed by atoms with Gasteiger partial charge in [0.25, 0.3) is 0 Å². The van der Waals surface area contributed by atoms with Gasteiger partial charge in [0.05, 0.1) is 17.6 Å². The first kappa shape index (κ1) is 13.4. The van der Waals surface area contributed by atoms with Gasteiger partial charge in [-0.3, -0.25) is 0 Å². The number of thiol groups is 1. The lowest BCUT2D eigenvalue weighted by Gasteiger charge is -2.00. The van der Waals surface area contributed by atoms with Gasteiger partial charge in [-0.05, 0) is 19.1 Å². The lowest BCUT2D eigenvalue weighted by atomic mass is 10.3. The number of H-pyrrole nitrogens is 1. The van der Waals surface area contributed by atoms with Gasteiger partial charge in [-0.25, -0.2) is 4.98 Å². The maximum absolute atomic E-state index is 5.46. The maximum atomic E-state index is 5.46. The molecule has 2 rings (SSSR count). The van der Waals surface area contributed by atoms with Crippen molar-refractivity contribution in [3.63, 3.8) is 0 Å². The second kappa shape index (κ2) is 6.75. The average Bonchev–Trinajstić information content (AvgIpc) is 2.77. The Balaban J connectivity index is 2.09. The lowest BCUT2D eigenvalue weighted by Crippen LogP contribution is -1.90. The van der Waals surface area contributed by atoms with Crippen molar-refractivity contribution in [3.05, 3.63) is 30.4 Å². The van der Waals surface area contributed by atoms with Crippen LogP contribution in [0.4, 0.5) is 0 Å². The third-order valence-electron chi connectivity index (χ3n) is 2.33. The topological polar surface area (TPSA) is 37.9 Å². The number of aromatic amines is 1. The second-order valence-electron chi connectivity index (χ2n) is 3.62. The third-order valence-corrected chi connectivity index (χ3v) is 3.37. The molecule has 0 saturated heterocycles. The molecule has 5 heteroatoms. The highest BCUT2D eigenvalue weighted by Gasteiger charge is 2.03. The van der Waals surface area contributed by atoms with Gasteiger partial charge in [-0.1, -0.05) is 23.9 Å². The second-order valence-corrected chi connectivity index (χ2v) is 4.99. The maximum Gasteiger partial charge on any atom is 0.166 e. The number of rotatable bonds is 6. The van der Waals surface area contributed by atoms with Crippen LogP contribution in [0.2, 0.25) is 0 Å². The van der Waals surface area contributed by atoms with E-state index in [1.165, 1.54) is 0 Å². The predicted molar refractivity (Wildman–Crippen MR) is 81.0 cm³/mol. The van der Waals surface area contributed by atoms with Gasteiger partial charge in [0.2, 0.25) is 0 Å². The van der Waals surface area contributed by atoms with Gasteiger partial charge < -0.3 is 9.72 Å². The van der Waals surface area contributed by atoms with E-state index in [4.69, 9.17) is 4.74 Å². The van der Waals surface area contributed by atoms with Crippen LogP contribution in [0, 0.1) is 0 Å². The highest BCUT2D eigenvalue weighted by molar-refractivity contribution is 7.99. The number of fused-ring (bicyclic) bond motifs is 1. The number of imidazole rings is 1. The van der Waals surface area contributed by atoms with E-state index in [1.54, 1.807) is 11.8 Å². The van der Waals surface area contributed by atoms with E-state index in [2.05, 4.69) is 28.7 Å². The van der Waals surface area contributed by atoms with Gasteiger partial charge in [0.15, 0.2) is 5.16 Å². The zero-order chi connectivity index (χ0) is 12.8. The summed E-state index contributed by atoms with van der Waals surface area (Å²) >= 11 is 5.80. The number of nitrogens with one attached hydrogen (secondary N) is 1. The molecule has 96 valence electrons. The molecule has 0 radical (unpaired) electrons. The molecule has 0 atom stereocenters. The molecule has 0 amide bonds. The molecule has 1 aromatic heterocycles. The van der Waals surface area contributed by atoms with E-state index >= 15 is 0 Å². The van der Waals surface area contributed by atoms with E-state index < -0.39 is 0 Å². The molecule has 0 aliphatic heterocycles. The fourth-order valence-electron chi connectivity index (χ4n) is 1.56. The van der Waals surface area contributed by atoms with E-state index in [1.807, 2.05) is 31.2 Å². The normalized spacial score (nSPS) is 11.4. The number of hydrogen-bond acceptors (Lipinski definition) is 4. The van der Waals surface area contributed by atoms with Gasteiger partial charge in [0, 0.05) is 17.6 Å². The van der Waals surface area contributed by atoms with Crippen molar-refractivity contribution in [2.75, 3.05) is 18.1 Å². The fourth-order valence-corrected chi connectivity index (χ4v) is 2.44. The Morgan fingerprint density at radius 1 is 1.44 bits per heavy atom. The highest BCUT2D eigenvalue weighted by Crippen LogP contribution is 2.23. The summed E-state index contributed by atoms with van der Waals surface area (Å²) in [6.07, 6.45) is 4.13. The molecular formula is C13H16N2OS2. The van der Waals surface area contributed by atoms with Crippen molar-refractivity contribution < 1.29 is 4.74 Å². The summed E-state index contributed by atoms with van der Waals surface area (Å²) in [5.74, 6) is 2.55. The van der Waals surface area contributed by atoms with Crippen LogP contribution in [0.5, 0.6) is 5.75 Å². The van der Waals surface area contributed by atoms with Crippen LogP contribution in [0.1, 0.15) is 6.92 Å². The van der Waals surface area contributed by atoms with Crippen molar-refractivity contribution in [2.45, 2.75) is 12.1 Å². The summed E-state index contributed by atoms with van der Waals surface area (Å²) < 4.78 is 5.46. The molecule has 0 unspecified atom stereocenters. The molecule has 0 saturated carbocycles. The van der Waals surface area contributed by atoms with Crippen LogP contribution in [-0.4, -0.2) is 28.1 Å². The molecule has 0 aliphatic rings. The van der Waals surface area contributed by atoms with E-state index in [9.17, 15) is 0 Å². The number of nitrogens with zero attached hydrogens (tertiary/aromatic N) is 1. The SMILES string of the molecule is CCOc1ccc2nc(SCC=CCS)[nH]c2c1. The standard InChI is InChI=1S/C13H16N2OS2/c1-2-16-10-5-6-11-12(9-10)15-13(14-11)18-8-4-3-7-17/h3-6,9,17H,2,7-8H2,1H3,(H,14,15). The molecule has 1 aromatic carbocycles. The summed E-state index contributed by atoms with van der Waals surface area (Å²) in [6.45, 7) is 2.65. The minimum Gasteiger partial charge on any atom is -0.494 e. The lowest BCUT2D eigenvalue weighted by molar-refractivity contribution is 0.340. The van der Waals surface area contributed by atoms with Crippen LogP contribution >= 0.6 is 24.4 Å². The summed E-state index contributed by atoms with van der Waals surface area (Å²) in [6, 6.07) is 5.91. The van der Waals surface area contributed by atoms with Crippen molar-refractivity contribution >= 4 is 35.4 Å². The van der Waals surface area contributed by atoms with Crippen LogP contribution in [0.3, 0.4) is 0 Å². The summed E-state index contributed by atoms with van der Waals surface area (Å²) in [5, 5.41) is 0.933. The van der Waals surface area contributed by atoms with Gasteiger partial charge >= 0.3 is 0 Å². The first-order valence-electron chi connectivity index (χ1n) is 5.84. The van der Waals surface area contributed by atoms with Crippen LogP contribution in [-0.2, 0) is 0 Å². The molecular weight excluding hydrogens is 264 g/mol. The Hall–Kier alpha value is -1.07. The van der Waals surface area contributed by atoms with Gasteiger partial charge in [-0.2, -0.15) is 12.6 Å². The molecule has 0 fully saturated rings. The van der Waals surface area contributed by atoms with Crippen molar-refractivity contribution in [1.82, 2.24) is 9.97 Å². The summed E-state index contributed by atoms with van der Waals surface area (Å²) in [7, 11) is 0. The Morgan fingerprint density at radius 2 is 2.33 bits per heavy atom. The Morgan fingerprint density at radius 3 is 3.11 bits per heavy atom. The van der Waals surface area contributed by atoms with Gasteiger partial charge in [-0.15, -0.1) is 0 Å². The van der Waals surface area contributed by atoms with Crippen LogP contribution in [0.15, 0.2) is 35.5 Å². The zero-order valence-corrected chi connectivity index (χ0v) is 11.9. The van der Waals surface area contributed by atoms with Crippen molar-refractivity contribution in [3.8, 4) is 5.75 Å². The first-order valence-corrected chi connectivity index (χ1v) is 7.46. The molecule has 3 nitrogen and oxygen atoms in total. The molecule has 2 aromatic rings. The summed E-state index contributed by atoms with van der Waals surface area (Å²) in [4.78, 5) is 7.80. The molecule has 0 bridgehead atoms. The minimum absolute atomic E-state index is 0.676. The Labute approximate surface area is 116 Å². The quantitative estimate of drug-likeness (QED) is 0.483. The fraction of sp³-hybridized carbons (Fsp3) is 0.308. The number of hydrogen-bond donors (Lipinski definition) is 2. The largest absolute Gasteiger partial charge is 0.494 e. The summed E-state index contributed by atoms with van der Waals surface area (Å²) in [5.41, 5.74) is 1.99. The van der Waals surface area contributed by atoms with Crippen molar-refractivity contribution in [2.24, 2.45) is 0 Å². The molecule has 1 N–H and O–H groups in total. The van der Waals surface area contributed by atoms with Gasteiger partial charge in [0.1, 0.15) is 5.75 Å². The monoisotopic (exact) mass is 280 g/mol. The van der Waals surface area contributed by atoms with Crippen LogP contribution < -0.4 is 4.74 Å². The van der Waals surface area contributed by atoms with E-state index in [0.717, 1.165) is 33.4 Å². The zero-order valence-electron chi connectivity index (χ0n) is 10.2. The third kappa shape index (κ3) is 3.46. The van der Waals surface area contributed by atoms with Crippen LogP contribution in [0.25, 0.3) is 11.0 Å². The minimum atomic E-state index is 0.676. The van der Waals surface area contributed by atoms with E-state index in [0.29, 0.717) is 6.61 Å². The average molecular weight is 280 g/mol. The first-order chi connectivity index (χ1) is 8.83.